The highest BCUT2D eigenvalue weighted by Gasteiger charge is 2.32. The first-order valence-electron chi connectivity index (χ1n) is 10.2. The molecule has 5 nitrogen and oxygen atoms in total. The second-order valence-electron chi connectivity index (χ2n) is 7.38. The van der Waals surface area contributed by atoms with Crippen LogP contribution in [-0.2, 0) is 14.3 Å². The average Bonchev–Trinajstić information content (AvgIpc) is 3.07. The normalized spacial score (nSPS) is 20.4. The van der Waals surface area contributed by atoms with E-state index in [0.29, 0.717) is 18.6 Å². The Kier molecular flexibility index (Phi) is 9.77. The summed E-state index contributed by atoms with van der Waals surface area (Å²) in [6.07, 6.45) is 9.71. The Balaban J connectivity index is 1.68. The fraction of sp³-hybridized carbons (Fsp3) is 0.565. The van der Waals surface area contributed by atoms with Crippen LogP contribution < -0.4 is 4.74 Å². The number of hydrogen-bond acceptors (Lipinski definition) is 5. The Labute approximate surface area is 167 Å². The summed E-state index contributed by atoms with van der Waals surface area (Å²) in [5, 5.41) is 10.1. The van der Waals surface area contributed by atoms with Gasteiger partial charge in [-0.2, -0.15) is 0 Å². The molecule has 1 fully saturated rings. The summed E-state index contributed by atoms with van der Waals surface area (Å²) in [6, 6.07) is 9.41. The maximum atomic E-state index is 12.2. The lowest BCUT2D eigenvalue weighted by Gasteiger charge is -2.16. The molecule has 0 aromatic heterocycles. The molecule has 2 rings (SSSR count). The summed E-state index contributed by atoms with van der Waals surface area (Å²) in [6.45, 7) is 0.200. The van der Waals surface area contributed by atoms with Crippen molar-refractivity contribution in [3.63, 3.8) is 0 Å². The molecule has 0 aliphatic heterocycles. The minimum atomic E-state index is -0.685. The molecule has 28 heavy (non-hydrogen) atoms. The number of ketones is 1. The quantitative estimate of drug-likeness (QED) is 0.332. The fourth-order valence-corrected chi connectivity index (χ4v) is 3.65. The van der Waals surface area contributed by atoms with E-state index in [9.17, 15) is 14.7 Å². The number of hydrogen-bond donors (Lipinski definition) is 1. The van der Waals surface area contributed by atoms with Gasteiger partial charge in [0.15, 0.2) is 0 Å². The maximum Gasteiger partial charge on any atom is 0.305 e. The summed E-state index contributed by atoms with van der Waals surface area (Å²) in [5.41, 5.74) is 0. The highest BCUT2D eigenvalue weighted by molar-refractivity contribution is 5.83. The first-order valence-corrected chi connectivity index (χ1v) is 10.2. The standard InChI is InChI=1S/C23H32O5/c1-27-23(26)12-8-3-2-7-11-21-18(14-16-22(21)25)13-15-19(24)17-28-20-9-5-4-6-10-20/h4-6,9-10,13,15,18-19,21,24H,2-3,7-8,11-12,14,16-17H2,1H3/b15-13+/t18-,19-,21+/m0/s1. The predicted molar refractivity (Wildman–Crippen MR) is 108 cm³/mol. The van der Waals surface area contributed by atoms with Crippen LogP contribution in [-0.4, -0.2) is 36.7 Å². The van der Waals surface area contributed by atoms with Crippen molar-refractivity contribution < 1.29 is 24.2 Å². The Hall–Kier alpha value is -2.14. The summed E-state index contributed by atoms with van der Waals surface area (Å²) in [7, 11) is 1.41. The number of allylic oxidation sites excluding steroid dienone is 1. The van der Waals surface area contributed by atoms with Crippen LogP contribution >= 0.6 is 0 Å². The van der Waals surface area contributed by atoms with Crippen LogP contribution in [0.15, 0.2) is 42.5 Å². The monoisotopic (exact) mass is 388 g/mol. The molecule has 0 bridgehead atoms. The number of carbonyl (C=O) groups excluding carboxylic acids is 2. The molecule has 0 spiro atoms. The number of benzene rings is 1. The van der Waals surface area contributed by atoms with Gasteiger partial charge in [-0.3, -0.25) is 9.59 Å². The zero-order valence-corrected chi connectivity index (χ0v) is 16.7. The Bertz CT molecular complexity index is 625. The van der Waals surface area contributed by atoms with Crippen LogP contribution in [0.3, 0.4) is 0 Å². The van der Waals surface area contributed by atoms with E-state index in [0.717, 1.165) is 44.3 Å². The summed E-state index contributed by atoms with van der Waals surface area (Å²) >= 11 is 0. The minimum absolute atomic E-state index is 0.0547. The highest BCUT2D eigenvalue weighted by atomic mass is 16.5. The largest absolute Gasteiger partial charge is 0.491 e. The first kappa shape index (κ1) is 22.2. The number of unbranched alkanes of at least 4 members (excludes halogenated alkanes) is 3. The van der Waals surface area contributed by atoms with E-state index in [4.69, 9.17) is 4.74 Å². The van der Waals surface area contributed by atoms with E-state index < -0.39 is 6.10 Å². The maximum absolute atomic E-state index is 12.2. The van der Waals surface area contributed by atoms with Crippen LogP contribution in [0.5, 0.6) is 5.75 Å². The van der Waals surface area contributed by atoms with Gasteiger partial charge in [-0.25, -0.2) is 0 Å². The van der Waals surface area contributed by atoms with Crippen molar-refractivity contribution in [1.82, 2.24) is 0 Å². The van der Waals surface area contributed by atoms with Crippen LogP contribution in [0.2, 0.25) is 0 Å². The summed E-state index contributed by atoms with van der Waals surface area (Å²) < 4.78 is 10.2. The van der Waals surface area contributed by atoms with E-state index in [1.165, 1.54) is 7.11 Å². The third-order valence-corrected chi connectivity index (χ3v) is 5.27. The van der Waals surface area contributed by atoms with E-state index in [1.54, 1.807) is 6.08 Å². The number of ether oxygens (including phenoxy) is 2. The van der Waals surface area contributed by atoms with Gasteiger partial charge in [-0.05, 0) is 37.3 Å². The van der Waals surface area contributed by atoms with Crippen molar-refractivity contribution >= 4 is 11.8 Å². The van der Waals surface area contributed by atoms with Crippen molar-refractivity contribution in [3.05, 3.63) is 42.5 Å². The smallest absolute Gasteiger partial charge is 0.305 e. The molecule has 154 valence electrons. The second kappa shape index (κ2) is 12.3. The molecular formula is C23H32O5. The SMILES string of the molecule is COC(=O)CCCCCC[C@H]1C(=O)CC[C@@H]1/C=C/[C@H](O)COc1ccccc1. The van der Waals surface area contributed by atoms with E-state index >= 15 is 0 Å². The number of aliphatic hydroxyl groups is 1. The lowest BCUT2D eigenvalue weighted by molar-refractivity contribution is -0.140. The predicted octanol–water partition coefficient (Wildman–Crippen LogP) is 4.09. The number of methoxy groups -OCH3 is 1. The van der Waals surface area contributed by atoms with E-state index in [2.05, 4.69) is 4.74 Å². The third kappa shape index (κ3) is 7.85. The Morgan fingerprint density at radius 3 is 2.71 bits per heavy atom. The number of carbonyl (C=O) groups is 2. The molecule has 1 aromatic carbocycles. The molecule has 5 heteroatoms. The first-order chi connectivity index (χ1) is 13.6. The number of esters is 1. The summed E-state index contributed by atoms with van der Waals surface area (Å²) in [4.78, 5) is 23.3. The second-order valence-corrected chi connectivity index (χ2v) is 7.38. The number of para-hydroxylation sites is 1. The zero-order chi connectivity index (χ0) is 20.2. The molecule has 1 aromatic rings. The zero-order valence-electron chi connectivity index (χ0n) is 16.7. The van der Waals surface area contributed by atoms with E-state index in [1.807, 2.05) is 36.4 Å². The third-order valence-electron chi connectivity index (χ3n) is 5.27. The molecule has 1 N–H and O–H groups in total. The van der Waals surface area contributed by atoms with Crippen LogP contribution in [0.4, 0.5) is 0 Å². The molecule has 0 saturated heterocycles. The number of rotatable bonds is 12. The molecule has 1 aliphatic carbocycles. The Morgan fingerprint density at radius 2 is 1.96 bits per heavy atom. The van der Waals surface area contributed by atoms with Crippen molar-refractivity contribution in [1.29, 1.82) is 0 Å². The molecule has 0 radical (unpaired) electrons. The van der Waals surface area contributed by atoms with Crippen molar-refractivity contribution in [3.8, 4) is 5.75 Å². The lowest BCUT2D eigenvalue weighted by atomic mass is 9.89. The molecule has 0 amide bonds. The van der Waals surface area contributed by atoms with Crippen molar-refractivity contribution in [2.24, 2.45) is 11.8 Å². The minimum Gasteiger partial charge on any atom is -0.491 e. The topological polar surface area (TPSA) is 72.8 Å². The van der Waals surface area contributed by atoms with Gasteiger partial charge in [0.25, 0.3) is 0 Å². The van der Waals surface area contributed by atoms with Crippen LogP contribution in [0.1, 0.15) is 51.4 Å². The molecule has 3 atom stereocenters. The van der Waals surface area contributed by atoms with Gasteiger partial charge in [-0.15, -0.1) is 0 Å². The average molecular weight is 389 g/mol. The van der Waals surface area contributed by atoms with E-state index in [-0.39, 0.29) is 24.4 Å². The molecule has 1 saturated carbocycles. The molecule has 0 heterocycles. The fourth-order valence-electron chi connectivity index (χ4n) is 3.65. The van der Waals surface area contributed by atoms with Crippen molar-refractivity contribution in [2.45, 2.75) is 57.5 Å². The van der Waals surface area contributed by atoms with Crippen LogP contribution in [0, 0.1) is 11.8 Å². The lowest BCUT2D eigenvalue weighted by Crippen LogP contribution is -2.17. The van der Waals surface area contributed by atoms with Crippen LogP contribution in [0.25, 0.3) is 0 Å². The van der Waals surface area contributed by atoms with Gasteiger partial charge in [0.1, 0.15) is 24.2 Å². The van der Waals surface area contributed by atoms with Gasteiger partial charge in [-0.1, -0.05) is 49.6 Å². The summed E-state index contributed by atoms with van der Waals surface area (Å²) in [5.74, 6) is 1.16. The van der Waals surface area contributed by atoms with Gasteiger partial charge >= 0.3 is 5.97 Å². The van der Waals surface area contributed by atoms with Gasteiger partial charge in [0, 0.05) is 18.8 Å². The van der Waals surface area contributed by atoms with Gasteiger partial charge < -0.3 is 14.6 Å². The number of aliphatic hydroxyl groups excluding tert-OH is 1. The molecular weight excluding hydrogens is 356 g/mol. The van der Waals surface area contributed by atoms with Crippen molar-refractivity contribution in [2.75, 3.05) is 13.7 Å². The molecule has 1 aliphatic rings. The van der Waals surface area contributed by atoms with Gasteiger partial charge in [0.05, 0.1) is 7.11 Å². The number of Topliss-reactive ketones (excluding diaryl/α,β-unsaturated/α-hetero) is 1. The highest BCUT2D eigenvalue weighted by Crippen LogP contribution is 2.34. The Morgan fingerprint density at radius 1 is 1.21 bits per heavy atom. The molecule has 0 unspecified atom stereocenters. The van der Waals surface area contributed by atoms with Gasteiger partial charge in [0.2, 0.25) is 0 Å².